The number of ether oxygens (including phenoxy) is 1. The number of nitrogens with zero attached hydrogens (tertiary/aromatic N) is 2. The molecule has 2 aromatic rings. The minimum Gasteiger partial charge on any atom is -0.381 e. The normalized spacial score (nSPS) is 17.7. The monoisotopic (exact) mass is 309 g/mol. The van der Waals surface area contributed by atoms with Gasteiger partial charge in [0, 0.05) is 25.0 Å². The van der Waals surface area contributed by atoms with Crippen LogP contribution in [0.25, 0.3) is 0 Å². The van der Waals surface area contributed by atoms with Crippen molar-refractivity contribution >= 4 is 23.6 Å². The molecule has 0 bridgehead atoms. The van der Waals surface area contributed by atoms with Crippen molar-refractivity contribution in [1.82, 2.24) is 4.98 Å². The Bertz CT molecular complexity index is 726. The van der Waals surface area contributed by atoms with Gasteiger partial charge in [-0.3, -0.25) is 4.79 Å². The number of carbonyl (C=O) groups is 1. The number of nitrogens with one attached hydrogen (secondary N) is 1. The molecule has 1 N–H and O–H groups in total. The first-order valence-corrected chi connectivity index (χ1v) is 7.99. The average Bonchev–Trinajstić information content (AvgIpc) is 2.78. The van der Waals surface area contributed by atoms with Gasteiger partial charge >= 0.3 is 0 Å². The Labute approximate surface area is 135 Å². The van der Waals surface area contributed by atoms with Crippen molar-refractivity contribution < 1.29 is 9.53 Å². The Balaban J connectivity index is 1.73. The Morgan fingerprint density at radius 1 is 1.26 bits per heavy atom. The number of rotatable bonds is 2. The fourth-order valence-corrected chi connectivity index (χ4v) is 3.35. The highest BCUT2D eigenvalue weighted by Gasteiger charge is 2.22. The van der Waals surface area contributed by atoms with Crippen LogP contribution in [-0.4, -0.2) is 24.6 Å². The highest BCUT2D eigenvalue weighted by Crippen LogP contribution is 2.37. The van der Waals surface area contributed by atoms with Crippen LogP contribution in [0.15, 0.2) is 36.5 Å². The van der Waals surface area contributed by atoms with Crippen LogP contribution in [0.3, 0.4) is 0 Å². The predicted molar refractivity (Wildman–Crippen MR) is 89.0 cm³/mol. The molecule has 2 aliphatic rings. The van der Waals surface area contributed by atoms with Crippen molar-refractivity contribution in [3.8, 4) is 0 Å². The number of fused-ring (bicyclic) bond motifs is 2. The molecule has 0 radical (unpaired) electrons. The smallest absolute Gasteiger partial charge is 0.214 e. The Morgan fingerprint density at radius 2 is 2.13 bits per heavy atom. The summed E-state index contributed by atoms with van der Waals surface area (Å²) in [6.07, 6.45) is 4.74. The molecule has 1 aromatic carbocycles. The van der Waals surface area contributed by atoms with Crippen molar-refractivity contribution in [2.75, 3.05) is 23.4 Å². The maximum Gasteiger partial charge on any atom is 0.214 e. The molecule has 1 fully saturated rings. The summed E-state index contributed by atoms with van der Waals surface area (Å²) in [6, 6.07) is 10.2. The molecule has 1 aromatic heterocycles. The molecule has 5 heteroatoms. The lowest BCUT2D eigenvalue weighted by atomic mass is 9.91. The number of pyridine rings is 1. The van der Waals surface area contributed by atoms with E-state index in [1.54, 1.807) is 11.1 Å². The van der Waals surface area contributed by atoms with Crippen LogP contribution in [0, 0.1) is 0 Å². The van der Waals surface area contributed by atoms with Crippen molar-refractivity contribution in [3.05, 3.63) is 47.7 Å². The highest BCUT2D eigenvalue weighted by molar-refractivity contribution is 5.87. The van der Waals surface area contributed by atoms with Gasteiger partial charge in [0.05, 0.1) is 17.9 Å². The van der Waals surface area contributed by atoms with E-state index in [0.717, 1.165) is 55.2 Å². The van der Waals surface area contributed by atoms with Crippen LogP contribution < -0.4 is 10.2 Å². The molecule has 0 aliphatic carbocycles. The molecular weight excluding hydrogens is 290 g/mol. The minimum absolute atomic E-state index is 0.506. The lowest BCUT2D eigenvalue weighted by molar-refractivity contribution is -0.107. The molecule has 2 aliphatic heterocycles. The van der Waals surface area contributed by atoms with Crippen LogP contribution >= 0.6 is 0 Å². The van der Waals surface area contributed by atoms with Gasteiger partial charge in [-0.1, -0.05) is 12.1 Å². The number of carbonyl (C=O) groups excluding carboxylic acids is 1. The highest BCUT2D eigenvalue weighted by atomic mass is 16.5. The Morgan fingerprint density at radius 3 is 2.96 bits per heavy atom. The summed E-state index contributed by atoms with van der Waals surface area (Å²) >= 11 is 0. The Hall–Kier alpha value is -2.40. The topological polar surface area (TPSA) is 54.5 Å². The summed E-state index contributed by atoms with van der Waals surface area (Å²) < 4.78 is 5.45. The molecule has 5 nitrogen and oxygen atoms in total. The molecule has 0 spiro atoms. The van der Waals surface area contributed by atoms with Gasteiger partial charge in [-0.2, -0.15) is 0 Å². The van der Waals surface area contributed by atoms with Gasteiger partial charge in [-0.05, 0) is 42.5 Å². The van der Waals surface area contributed by atoms with Gasteiger partial charge in [0.25, 0.3) is 0 Å². The number of aromatic nitrogens is 1. The largest absolute Gasteiger partial charge is 0.381 e. The first-order chi connectivity index (χ1) is 11.3. The van der Waals surface area contributed by atoms with Gasteiger partial charge in [-0.15, -0.1) is 0 Å². The van der Waals surface area contributed by atoms with E-state index < -0.39 is 0 Å². The molecule has 118 valence electrons. The van der Waals surface area contributed by atoms with E-state index >= 15 is 0 Å². The second kappa shape index (κ2) is 6.01. The van der Waals surface area contributed by atoms with E-state index in [1.165, 1.54) is 5.56 Å². The zero-order chi connectivity index (χ0) is 15.6. The molecule has 3 heterocycles. The van der Waals surface area contributed by atoms with E-state index in [0.29, 0.717) is 12.5 Å². The van der Waals surface area contributed by atoms with Gasteiger partial charge < -0.3 is 15.0 Å². The zero-order valence-corrected chi connectivity index (χ0v) is 12.9. The van der Waals surface area contributed by atoms with Crippen molar-refractivity contribution in [2.24, 2.45) is 0 Å². The molecule has 0 atom stereocenters. The minimum atomic E-state index is 0.506. The fourth-order valence-electron chi connectivity index (χ4n) is 3.35. The molecular formula is C18H19N3O2. The lowest BCUT2D eigenvalue weighted by Crippen LogP contribution is -2.20. The third-order valence-corrected chi connectivity index (χ3v) is 4.64. The standard InChI is InChI=1S/C18H19N3O2/c22-12-21-11-15-2-1-7-19-18(15)20-16-4-3-14(10-17(16)21)13-5-8-23-9-6-13/h1-4,7,10,12-13H,5-6,8-9,11H2,(H,19,20). The predicted octanol–water partition coefficient (Wildman–Crippen LogP) is 3.20. The molecule has 1 saturated heterocycles. The van der Waals surface area contributed by atoms with E-state index in [2.05, 4.69) is 28.5 Å². The average molecular weight is 309 g/mol. The van der Waals surface area contributed by atoms with Crippen molar-refractivity contribution in [1.29, 1.82) is 0 Å². The molecule has 4 rings (SSSR count). The van der Waals surface area contributed by atoms with E-state index in [4.69, 9.17) is 4.74 Å². The summed E-state index contributed by atoms with van der Waals surface area (Å²) in [5.41, 5.74) is 4.13. The fraction of sp³-hybridized carbons (Fsp3) is 0.333. The number of hydrogen-bond acceptors (Lipinski definition) is 4. The maximum atomic E-state index is 11.6. The van der Waals surface area contributed by atoms with Gasteiger partial charge in [0.2, 0.25) is 6.41 Å². The summed E-state index contributed by atoms with van der Waals surface area (Å²) in [6.45, 7) is 2.16. The third-order valence-electron chi connectivity index (χ3n) is 4.64. The zero-order valence-electron chi connectivity index (χ0n) is 12.9. The second-order valence-corrected chi connectivity index (χ2v) is 6.03. The number of anilines is 3. The lowest BCUT2D eigenvalue weighted by Gasteiger charge is -2.25. The van der Waals surface area contributed by atoms with Crippen LogP contribution in [0.4, 0.5) is 17.2 Å². The van der Waals surface area contributed by atoms with Gasteiger partial charge in [0.15, 0.2) is 0 Å². The second-order valence-electron chi connectivity index (χ2n) is 6.03. The van der Waals surface area contributed by atoms with Crippen molar-refractivity contribution in [3.63, 3.8) is 0 Å². The van der Waals surface area contributed by atoms with Crippen molar-refractivity contribution in [2.45, 2.75) is 25.3 Å². The van der Waals surface area contributed by atoms with Gasteiger partial charge in [-0.25, -0.2) is 4.98 Å². The summed E-state index contributed by atoms with van der Waals surface area (Å²) in [5, 5.41) is 3.36. The van der Waals surface area contributed by atoms with Crippen LogP contribution in [0.1, 0.15) is 29.9 Å². The first-order valence-electron chi connectivity index (χ1n) is 7.99. The van der Waals surface area contributed by atoms with E-state index in [-0.39, 0.29) is 0 Å². The molecule has 0 saturated carbocycles. The first kappa shape index (κ1) is 14.2. The Kier molecular flexibility index (Phi) is 3.71. The number of hydrogen-bond donors (Lipinski definition) is 1. The summed E-state index contributed by atoms with van der Waals surface area (Å²) in [7, 11) is 0. The number of amides is 1. The SMILES string of the molecule is O=CN1Cc2cccnc2Nc2ccc(C3CCOCC3)cc21. The van der Waals surface area contributed by atoms with Gasteiger partial charge in [0.1, 0.15) is 5.82 Å². The summed E-state index contributed by atoms with van der Waals surface area (Å²) in [4.78, 5) is 17.8. The third kappa shape index (κ3) is 2.68. The van der Waals surface area contributed by atoms with Crippen LogP contribution in [0.5, 0.6) is 0 Å². The maximum absolute atomic E-state index is 11.6. The summed E-state index contributed by atoms with van der Waals surface area (Å²) in [5.74, 6) is 1.32. The molecule has 23 heavy (non-hydrogen) atoms. The quantitative estimate of drug-likeness (QED) is 0.866. The van der Waals surface area contributed by atoms with E-state index in [1.807, 2.05) is 12.1 Å². The molecule has 1 amide bonds. The van der Waals surface area contributed by atoms with Crippen LogP contribution in [-0.2, 0) is 16.1 Å². The number of benzene rings is 1. The van der Waals surface area contributed by atoms with Crippen LogP contribution in [0.2, 0.25) is 0 Å². The van der Waals surface area contributed by atoms with E-state index in [9.17, 15) is 4.79 Å². The molecule has 0 unspecified atom stereocenters.